The molecule has 0 aliphatic carbocycles. The fourth-order valence-electron chi connectivity index (χ4n) is 4.62. The number of nitrogens with zero attached hydrogens (tertiary/aromatic N) is 4. The topological polar surface area (TPSA) is 187 Å². The molecular weight excluding hydrogens is 626 g/mol. The zero-order valence-electron chi connectivity index (χ0n) is 26.7. The molecule has 2 amide bonds. The van der Waals surface area contributed by atoms with Gasteiger partial charge in [-0.05, 0) is 56.5 Å². The third-order valence-electron chi connectivity index (χ3n) is 7.08. The maximum absolute atomic E-state index is 12.1. The van der Waals surface area contributed by atoms with Crippen molar-refractivity contribution in [3.63, 3.8) is 0 Å². The first-order valence-corrected chi connectivity index (χ1v) is 16.3. The molecule has 1 fully saturated rings. The summed E-state index contributed by atoms with van der Waals surface area (Å²) in [6, 6.07) is 0. The molecule has 47 heavy (non-hydrogen) atoms. The minimum absolute atomic E-state index is 0.0704. The van der Waals surface area contributed by atoms with E-state index < -0.39 is 30.6 Å². The summed E-state index contributed by atoms with van der Waals surface area (Å²) in [4.78, 5) is 36.2. The fraction of sp³-hybridized carbons (Fsp3) is 0.485. The molecule has 2 aromatic rings. The Morgan fingerprint density at radius 3 is 2.23 bits per heavy atom. The zero-order valence-corrected chi connectivity index (χ0v) is 27.5. The number of anilines is 1. The number of nitrogens with one attached hydrogen (secondary N) is 2. The number of halogens is 1. The molecular formula is C33H46ClN7O6. The number of unbranched alkanes of at least 4 members (excludes halogenated alkanes) is 1. The summed E-state index contributed by atoms with van der Waals surface area (Å²) in [5.74, 6) is -0.00879. The maximum Gasteiger partial charge on any atom is 0.407 e. The van der Waals surface area contributed by atoms with Gasteiger partial charge in [0.1, 0.15) is 31.2 Å². The quantitative estimate of drug-likeness (QED) is 0.0812. The van der Waals surface area contributed by atoms with Crippen molar-refractivity contribution in [1.29, 1.82) is 0 Å². The van der Waals surface area contributed by atoms with Gasteiger partial charge in [0.15, 0.2) is 23.2 Å². The number of imidazole rings is 1. The highest BCUT2D eigenvalue weighted by molar-refractivity contribution is 6.29. The molecule has 1 saturated heterocycles. The average Bonchev–Trinajstić information content (AvgIpc) is 3.54. The van der Waals surface area contributed by atoms with E-state index >= 15 is 0 Å². The number of hydrogen-bond donors (Lipinski definition) is 5. The molecule has 14 heteroatoms. The van der Waals surface area contributed by atoms with Crippen LogP contribution in [0, 0.1) is 0 Å². The number of aromatic nitrogens is 4. The van der Waals surface area contributed by atoms with Crippen molar-refractivity contribution in [3.05, 3.63) is 72.4 Å². The highest BCUT2D eigenvalue weighted by Gasteiger charge is 2.45. The first kappa shape index (κ1) is 37.4. The predicted octanol–water partition coefficient (Wildman–Crippen LogP) is 4.45. The van der Waals surface area contributed by atoms with Crippen LogP contribution in [0.1, 0.15) is 64.5 Å². The van der Waals surface area contributed by atoms with Crippen LogP contribution in [0.4, 0.5) is 10.6 Å². The fourth-order valence-corrected chi connectivity index (χ4v) is 4.88. The summed E-state index contributed by atoms with van der Waals surface area (Å²) in [5.41, 5.74) is 6.25. The van der Waals surface area contributed by atoms with Gasteiger partial charge < -0.3 is 36.1 Å². The van der Waals surface area contributed by atoms with Crippen LogP contribution in [0.15, 0.2) is 67.1 Å². The Labute approximate surface area is 280 Å². The van der Waals surface area contributed by atoms with Crippen LogP contribution in [-0.2, 0) is 14.3 Å². The van der Waals surface area contributed by atoms with Gasteiger partial charge in [-0.25, -0.2) is 19.7 Å². The number of alkyl carbamates (subject to hydrolysis) is 1. The Morgan fingerprint density at radius 1 is 0.957 bits per heavy atom. The first-order chi connectivity index (χ1) is 22.8. The molecule has 3 heterocycles. The number of aliphatic hydroxyl groups is 2. The third-order valence-corrected chi connectivity index (χ3v) is 7.35. The zero-order chi connectivity index (χ0) is 33.9. The summed E-state index contributed by atoms with van der Waals surface area (Å²) >= 11 is 6.21. The molecule has 4 atom stereocenters. The summed E-state index contributed by atoms with van der Waals surface area (Å²) in [6.07, 6.45) is 23.7. The number of fused-ring (bicyclic) bond motifs is 1. The second-order valence-electron chi connectivity index (χ2n) is 10.7. The molecule has 256 valence electrons. The van der Waals surface area contributed by atoms with Crippen LogP contribution in [0.5, 0.6) is 0 Å². The van der Waals surface area contributed by atoms with Crippen molar-refractivity contribution in [1.82, 2.24) is 30.2 Å². The van der Waals surface area contributed by atoms with E-state index in [-0.39, 0.29) is 47.9 Å². The van der Waals surface area contributed by atoms with Crippen LogP contribution in [-0.4, -0.2) is 79.7 Å². The van der Waals surface area contributed by atoms with E-state index in [1.165, 1.54) is 10.9 Å². The highest BCUT2D eigenvalue weighted by Crippen LogP contribution is 2.35. The van der Waals surface area contributed by atoms with Gasteiger partial charge in [-0.3, -0.25) is 9.36 Å². The molecule has 1 aliphatic heterocycles. The van der Waals surface area contributed by atoms with E-state index in [2.05, 4.69) is 93.3 Å². The molecule has 13 nitrogen and oxygen atoms in total. The van der Waals surface area contributed by atoms with Gasteiger partial charge in [0.25, 0.3) is 0 Å². The summed E-state index contributed by atoms with van der Waals surface area (Å²) < 4.78 is 12.2. The Kier molecular flexibility index (Phi) is 16.7. The van der Waals surface area contributed by atoms with Crippen LogP contribution < -0.4 is 16.4 Å². The monoisotopic (exact) mass is 671 g/mol. The molecule has 1 aliphatic rings. The number of carbonyl (C=O) groups excluding carboxylic acids is 2. The lowest BCUT2D eigenvalue weighted by Crippen LogP contribution is -2.38. The van der Waals surface area contributed by atoms with Crippen LogP contribution in [0.25, 0.3) is 11.2 Å². The summed E-state index contributed by atoms with van der Waals surface area (Å²) in [7, 11) is 0. The van der Waals surface area contributed by atoms with E-state index in [9.17, 15) is 19.8 Å². The number of nitrogens with two attached hydrogens (primary N) is 1. The van der Waals surface area contributed by atoms with Crippen molar-refractivity contribution in [3.8, 4) is 0 Å². The van der Waals surface area contributed by atoms with Crippen molar-refractivity contribution < 1.29 is 29.3 Å². The number of allylic oxidation sites excluding steroid dienone is 10. The number of rotatable bonds is 19. The Balaban J connectivity index is 1.21. The van der Waals surface area contributed by atoms with Crippen molar-refractivity contribution in [2.75, 3.05) is 25.4 Å². The van der Waals surface area contributed by atoms with Crippen LogP contribution in [0.2, 0.25) is 5.28 Å². The van der Waals surface area contributed by atoms with Gasteiger partial charge in [0.05, 0.1) is 0 Å². The van der Waals surface area contributed by atoms with E-state index in [0.29, 0.717) is 6.42 Å². The SMILES string of the molecule is CC/C=C\C/C=C\C/C=C\C/C=C\C/C=C\CCCC(=O)NCCNC(=O)OC[C@H]1OC(n2c(Cl)nc3c(N)ncnc32)[C@H](O)[C@@H]1O. The van der Waals surface area contributed by atoms with Crippen LogP contribution >= 0.6 is 11.6 Å². The van der Waals surface area contributed by atoms with Crippen molar-refractivity contribution in [2.24, 2.45) is 0 Å². The third kappa shape index (κ3) is 12.6. The van der Waals surface area contributed by atoms with Gasteiger partial charge in [-0.2, -0.15) is 0 Å². The molecule has 3 rings (SSSR count). The Hall–Kier alpha value is -4.04. The smallest absolute Gasteiger partial charge is 0.407 e. The number of amides is 2. The van der Waals surface area contributed by atoms with Gasteiger partial charge in [-0.15, -0.1) is 0 Å². The second kappa shape index (κ2) is 21.0. The van der Waals surface area contributed by atoms with E-state index in [1.54, 1.807) is 0 Å². The number of carbonyl (C=O) groups is 2. The highest BCUT2D eigenvalue weighted by atomic mass is 35.5. The Morgan fingerprint density at radius 2 is 1.57 bits per heavy atom. The average molecular weight is 672 g/mol. The molecule has 0 saturated carbocycles. The second-order valence-corrected chi connectivity index (χ2v) is 11.0. The number of aliphatic hydroxyl groups excluding tert-OH is 2. The lowest BCUT2D eigenvalue weighted by molar-refractivity contribution is -0.121. The van der Waals surface area contributed by atoms with Crippen molar-refractivity contribution >= 4 is 40.6 Å². The number of hydrogen-bond acceptors (Lipinski definition) is 10. The first-order valence-electron chi connectivity index (χ1n) is 15.9. The number of nitrogen functional groups attached to an aromatic ring is 1. The standard InChI is InChI=1S/C33H46ClN7O6/c1-2-3-4-5-6-7-8-9-10-11-12-13-14-15-16-17-18-19-25(42)36-20-21-37-33(45)46-22-24-27(43)28(44)31(47-24)41-30-26(40-32(41)34)29(35)38-23-39-30/h3-4,6-7,9-10,12-13,15-16,23-24,27-28,31,43-44H,2,5,8,11,14,17-22H2,1H3,(H,36,42)(H,37,45)(H2,35,38,39)/b4-3-,7-6-,10-9-,13-12-,16-15-/t24-,27-,28-,31?/m1/s1. The lowest BCUT2D eigenvalue weighted by atomic mass is 10.1. The molecule has 6 N–H and O–H groups in total. The van der Waals surface area contributed by atoms with E-state index in [0.717, 1.165) is 44.9 Å². The van der Waals surface area contributed by atoms with Crippen LogP contribution in [0.3, 0.4) is 0 Å². The minimum atomic E-state index is -1.41. The van der Waals surface area contributed by atoms with Gasteiger partial charge >= 0.3 is 6.09 Å². The molecule has 0 radical (unpaired) electrons. The number of ether oxygens (including phenoxy) is 2. The largest absolute Gasteiger partial charge is 0.447 e. The van der Waals surface area contributed by atoms with Gasteiger partial charge in [0, 0.05) is 19.5 Å². The molecule has 0 spiro atoms. The molecule has 0 aromatic carbocycles. The normalized spacial score (nSPS) is 20.2. The molecule has 2 aromatic heterocycles. The Bertz CT molecular complexity index is 1420. The summed E-state index contributed by atoms with van der Waals surface area (Å²) in [6.45, 7) is 2.17. The lowest BCUT2D eigenvalue weighted by Gasteiger charge is -2.17. The van der Waals surface area contributed by atoms with E-state index in [1.807, 2.05) is 0 Å². The maximum atomic E-state index is 12.1. The molecule has 1 unspecified atom stereocenters. The van der Waals surface area contributed by atoms with Crippen molar-refractivity contribution in [2.45, 2.75) is 82.8 Å². The van der Waals surface area contributed by atoms with Gasteiger partial charge in [-0.1, -0.05) is 67.7 Å². The van der Waals surface area contributed by atoms with Gasteiger partial charge in [0.2, 0.25) is 11.2 Å². The minimum Gasteiger partial charge on any atom is -0.447 e. The van der Waals surface area contributed by atoms with E-state index in [4.69, 9.17) is 26.8 Å². The predicted molar refractivity (Wildman–Crippen MR) is 181 cm³/mol. The summed E-state index contributed by atoms with van der Waals surface area (Å²) in [5, 5.41) is 26.2. The molecule has 0 bridgehead atoms.